The summed E-state index contributed by atoms with van der Waals surface area (Å²) in [7, 11) is 0. The van der Waals surface area contributed by atoms with Gasteiger partial charge in [0.1, 0.15) is 24.2 Å². The van der Waals surface area contributed by atoms with Gasteiger partial charge in [-0.15, -0.1) is 12.4 Å². The highest BCUT2D eigenvalue weighted by atomic mass is 79.9. The molecule has 0 aliphatic carbocycles. The predicted molar refractivity (Wildman–Crippen MR) is 111 cm³/mol. The van der Waals surface area contributed by atoms with Gasteiger partial charge >= 0.3 is 0 Å². The van der Waals surface area contributed by atoms with Crippen LogP contribution in [0.5, 0.6) is 0 Å². The second kappa shape index (κ2) is 10.4. The molecule has 0 radical (unpaired) electrons. The summed E-state index contributed by atoms with van der Waals surface area (Å²) in [5.41, 5.74) is 2.81. The van der Waals surface area contributed by atoms with E-state index in [4.69, 9.17) is 11.6 Å². The molecule has 5 nitrogen and oxygen atoms in total. The first-order valence-electron chi connectivity index (χ1n) is 8.90. The smallest absolute Gasteiger partial charge is 0.158 e. The van der Waals surface area contributed by atoms with E-state index in [-0.39, 0.29) is 34.4 Å². The van der Waals surface area contributed by atoms with Crippen molar-refractivity contribution in [2.24, 2.45) is 0 Å². The van der Waals surface area contributed by atoms with Gasteiger partial charge < -0.3 is 26.8 Å². The lowest BCUT2D eigenvalue weighted by Crippen LogP contribution is -3.00. The number of fused-ring (bicyclic) bond motifs is 1. The Hall–Kier alpha value is -1.41. The highest BCUT2D eigenvalue weighted by Crippen LogP contribution is 2.27. The van der Waals surface area contributed by atoms with E-state index in [1.165, 1.54) is 18.0 Å². The Morgan fingerprint density at radius 2 is 1.82 bits per heavy atom. The number of nitrogens with zero attached hydrogens (tertiary/aromatic N) is 4. The minimum Gasteiger partial charge on any atom is -1.00 e. The normalized spacial score (nSPS) is 11.0. The summed E-state index contributed by atoms with van der Waals surface area (Å²) in [6, 6.07) is 6.64. The predicted octanol–water partition coefficient (Wildman–Crippen LogP) is 2.07. The molecule has 0 aliphatic rings. The van der Waals surface area contributed by atoms with Crippen LogP contribution in [0.25, 0.3) is 5.52 Å². The van der Waals surface area contributed by atoms with Gasteiger partial charge in [0.15, 0.2) is 5.82 Å². The molecule has 9 heteroatoms. The third kappa shape index (κ3) is 4.95. The zero-order valence-corrected chi connectivity index (χ0v) is 19.3. The fourth-order valence-corrected chi connectivity index (χ4v) is 3.50. The second-order valence-electron chi connectivity index (χ2n) is 6.45. The van der Waals surface area contributed by atoms with Crippen LogP contribution in [0.3, 0.4) is 0 Å². The highest BCUT2D eigenvalue weighted by Gasteiger charge is 2.24. The molecule has 154 valence electrons. The van der Waals surface area contributed by atoms with Crippen molar-refractivity contribution in [3.05, 3.63) is 53.2 Å². The van der Waals surface area contributed by atoms with E-state index in [0.29, 0.717) is 11.5 Å². The van der Waals surface area contributed by atoms with E-state index in [0.717, 1.165) is 36.2 Å². The van der Waals surface area contributed by atoms with E-state index >= 15 is 0 Å². The monoisotopic (exact) mass is 491 g/mol. The van der Waals surface area contributed by atoms with Crippen molar-refractivity contribution in [2.75, 3.05) is 25.0 Å². The summed E-state index contributed by atoms with van der Waals surface area (Å²) >= 11 is 5.90. The molecule has 0 bridgehead atoms. The Bertz CT molecular complexity index is 906. The van der Waals surface area contributed by atoms with Crippen molar-refractivity contribution >= 4 is 41.0 Å². The number of aromatic nitrogens is 3. The molecule has 3 aromatic rings. The summed E-state index contributed by atoms with van der Waals surface area (Å²) < 4.78 is 16.2. The summed E-state index contributed by atoms with van der Waals surface area (Å²) in [6.45, 7) is 10.8. The van der Waals surface area contributed by atoms with Gasteiger partial charge in [0, 0.05) is 17.4 Å². The molecule has 28 heavy (non-hydrogen) atoms. The topological polar surface area (TPSA) is 42.2 Å². The highest BCUT2D eigenvalue weighted by molar-refractivity contribution is 6.31. The molecule has 0 fully saturated rings. The summed E-state index contributed by atoms with van der Waals surface area (Å²) in [4.78, 5) is 4.41. The number of quaternary nitrogens is 1. The average molecular weight is 493 g/mol. The average Bonchev–Trinajstić information content (AvgIpc) is 3.07. The largest absolute Gasteiger partial charge is 1.00 e. The van der Waals surface area contributed by atoms with Crippen LogP contribution in [0, 0.1) is 5.82 Å². The van der Waals surface area contributed by atoms with Crippen molar-refractivity contribution in [1.82, 2.24) is 14.6 Å². The standard InChI is InChI=1S/C19H24ClFN5.BrH.ClH/c1-4-26(5-2,6-3)12-14-9-10-25-18(14)19(22-13-23-25)24-15-7-8-17(21)16(20)11-15;;/h7-11,13H,4-6,12H2,1-3H3,(H,22,23,24);2*1H/q+1;;/p-1. The van der Waals surface area contributed by atoms with Gasteiger partial charge in [-0.25, -0.2) is 13.9 Å². The van der Waals surface area contributed by atoms with Crippen molar-refractivity contribution < 1.29 is 25.9 Å². The molecule has 0 saturated heterocycles. The zero-order chi connectivity index (χ0) is 18.7. The molecule has 1 aromatic carbocycles. The maximum atomic E-state index is 13.4. The number of halogens is 4. The number of anilines is 2. The van der Waals surface area contributed by atoms with Crippen molar-refractivity contribution in [1.29, 1.82) is 0 Å². The van der Waals surface area contributed by atoms with Gasteiger partial charge in [-0.1, -0.05) is 11.6 Å². The number of hydrogen-bond donors (Lipinski definition) is 1. The Balaban J connectivity index is 0.00000196. The molecule has 2 aromatic heterocycles. The number of benzene rings is 1. The minimum absolute atomic E-state index is 0. The Morgan fingerprint density at radius 1 is 1.14 bits per heavy atom. The maximum Gasteiger partial charge on any atom is 0.158 e. The third-order valence-electron chi connectivity index (χ3n) is 5.24. The van der Waals surface area contributed by atoms with E-state index in [1.54, 1.807) is 12.1 Å². The molecule has 3 rings (SSSR count). The zero-order valence-electron chi connectivity index (χ0n) is 16.1. The summed E-state index contributed by atoms with van der Waals surface area (Å²) in [5, 5.41) is 7.65. The molecular weight excluding hydrogens is 468 g/mol. The van der Waals surface area contributed by atoms with Crippen LogP contribution in [0.15, 0.2) is 36.8 Å². The first kappa shape index (κ1) is 24.6. The summed E-state index contributed by atoms with van der Waals surface area (Å²) in [5.74, 6) is 0.244. The van der Waals surface area contributed by atoms with E-state index in [1.807, 2.05) is 10.7 Å². The number of rotatable bonds is 7. The molecule has 2 heterocycles. The Kier molecular flexibility index (Phi) is 9.14. The maximum absolute atomic E-state index is 13.4. The van der Waals surface area contributed by atoms with Crippen LogP contribution in [0.4, 0.5) is 15.9 Å². The van der Waals surface area contributed by atoms with Crippen molar-refractivity contribution in [2.45, 2.75) is 27.3 Å². The van der Waals surface area contributed by atoms with E-state index in [2.05, 4.69) is 42.2 Å². The Labute approximate surface area is 186 Å². The second-order valence-corrected chi connectivity index (χ2v) is 6.85. The third-order valence-corrected chi connectivity index (χ3v) is 5.53. The van der Waals surface area contributed by atoms with Gasteiger partial charge in [-0.2, -0.15) is 5.10 Å². The lowest BCUT2D eigenvalue weighted by Gasteiger charge is -2.35. The van der Waals surface area contributed by atoms with E-state index in [9.17, 15) is 4.39 Å². The lowest BCUT2D eigenvalue weighted by atomic mass is 10.2. The van der Waals surface area contributed by atoms with Gasteiger partial charge in [0.05, 0.1) is 24.7 Å². The fourth-order valence-electron chi connectivity index (χ4n) is 3.32. The van der Waals surface area contributed by atoms with Gasteiger partial charge in [-0.3, -0.25) is 0 Å². The Morgan fingerprint density at radius 3 is 2.43 bits per heavy atom. The van der Waals surface area contributed by atoms with Crippen LogP contribution >= 0.6 is 24.0 Å². The quantitative estimate of drug-likeness (QED) is 0.513. The molecule has 0 aliphatic heterocycles. The van der Waals surface area contributed by atoms with Crippen molar-refractivity contribution in [3.8, 4) is 0 Å². The van der Waals surface area contributed by atoms with Crippen LogP contribution < -0.4 is 22.3 Å². The first-order chi connectivity index (χ1) is 12.5. The van der Waals surface area contributed by atoms with Crippen LogP contribution in [-0.2, 0) is 6.54 Å². The van der Waals surface area contributed by atoms with E-state index < -0.39 is 5.82 Å². The molecule has 0 atom stereocenters. The molecule has 0 spiro atoms. The van der Waals surface area contributed by atoms with Gasteiger partial charge in [0.25, 0.3) is 0 Å². The summed E-state index contributed by atoms with van der Waals surface area (Å²) in [6.07, 6.45) is 3.46. The SMILES string of the molecule is CC[N+](CC)(CC)Cc1ccn2ncnc(Nc3ccc(F)c(Cl)c3)c12.Cl.[Br-]. The first-order valence-corrected chi connectivity index (χ1v) is 9.28. The molecule has 1 N–H and O–H groups in total. The van der Waals surface area contributed by atoms with Crippen LogP contribution in [0.1, 0.15) is 26.3 Å². The van der Waals surface area contributed by atoms with Crippen LogP contribution in [-0.4, -0.2) is 38.7 Å². The molecule has 0 saturated carbocycles. The van der Waals surface area contributed by atoms with Gasteiger partial charge in [-0.05, 0) is 45.0 Å². The number of nitrogens with one attached hydrogen (secondary N) is 1. The molecule has 0 amide bonds. The van der Waals surface area contributed by atoms with Crippen LogP contribution in [0.2, 0.25) is 5.02 Å². The number of hydrogen-bond acceptors (Lipinski definition) is 3. The lowest BCUT2D eigenvalue weighted by molar-refractivity contribution is -0.936. The minimum atomic E-state index is -0.440. The van der Waals surface area contributed by atoms with Gasteiger partial charge in [0.2, 0.25) is 0 Å². The fraction of sp³-hybridized carbons (Fsp3) is 0.368. The molecular formula is C19H25BrCl2FN5. The van der Waals surface area contributed by atoms with Crippen molar-refractivity contribution in [3.63, 3.8) is 0 Å². The molecule has 0 unspecified atom stereocenters.